The number of hydrogen-bond acceptors (Lipinski definition) is 4. The van der Waals surface area contributed by atoms with Gasteiger partial charge in [-0.05, 0) is 43.2 Å². The Bertz CT molecular complexity index is 1380. The van der Waals surface area contributed by atoms with Crippen molar-refractivity contribution in [1.82, 2.24) is 29.1 Å². The molecular weight excluding hydrogens is 364 g/mol. The highest BCUT2D eigenvalue weighted by molar-refractivity contribution is 6.31. The van der Waals surface area contributed by atoms with E-state index < -0.39 is 0 Å². The van der Waals surface area contributed by atoms with E-state index in [4.69, 9.17) is 11.6 Å². The lowest BCUT2D eigenvalue weighted by Gasteiger charge is -2.09. The van der Waals surface area contributed by atoms with Crippen LogP contribution >= 0.6 is 11.6 Å². The van der Waals surface area contributed by atoms with E-state index in [1.54, 1.807) is 15.3 Å². The number of aromatic nitrogens is 6. The summed E-state index contributed by atoms with van der Waals surface area (Å²) in [4.78, 5) is 24.8. The van der Waals surface area contributed by atoms with Crippen LogP contribution in [-0.2, 0) is 13.0 Å². The molecule has 4 heterocycles. The first kappa shape index (κ1) is 16.0. The lowest BCUT2D eigenvalue weighted by molar-refractivity contribution is 0.676. The summed E-state index contributed by atoms with van der Waals surface area (Å²) < 4.78 is 3.30. The van der Waals surface area contributed by atoms with Crippen molar-refractivity contribution in [2.75, 3.05) is 0 Å². The van der Waals surface area contributed by atoms with Gasteiger partial charge in [0.05, 0.1) is 16.6 Å². The van der Waals surface area contributed by atoms with Crippen LogP contribution in [0.5, 0.6) is 0 Å². The minimum Gasteiger partial charge on any atom is -0.361 e. The zero-order chi connectivity index (χ0) is 18.5. The highest BCUT2D eigenvalue weighted by Crippen LogP contribution is 2.23. The standard InChI is InChI=1S/C19H15ClN6O/c1-11-17-16(26-19(24-11)22-10-23-26)5-7-25(18(17)27)6-4-12-9-21-15-3-2-13(20)8-14(12)15/h2-3,5,7-10,21H,4,6H2,1H3. The summed E-state index contributed by atoms with van der Waals surface area (Å²) in [7, 11) is 0. The zero-order valence-corrected chi connectivity index (χ0v) is 15.2. The molecule has 0 aliphatic rings. The van der Waals surface area contributed by atoms with E-state index in [-0.39, 0.29) is 5.56 Å². The number of hydrogen-bond donors (Lipinski definition) is 1. The van der Waals surface area contributed by atoms with Crippen molar-refractivity contribution in [3.8, 4) is 0 Å². The molecule has 0 aliphatic heterocycles. The van der Waals surface area contributed by atoms with Gasteiger partial charge in [-0.3, -0.25) is 4.79 Å². The Morgan fingerprint density at radius 1 is 1.26 bits per heavy atom. The summed E-state index contributed by atoms with van der Waals surface area (Å²) in [6.07, 6.45) is 5.92. The smallest absolute Gasteiger partial charge is 0.261 e. The summed E-state index contributed by atoms with van der Waals surface area (Å²) in [5.41, 5.74) is 3.46. The third kappa shape index (κ3) is 2.50. The lowest BCUT2D eigenvalue weighted by Crippen LogP contribution is -2.22. The Morgan fingerprint density at radius 2 is 2.15 bits per heavy atom. The topological polar surface area (TPSA) is 80.9 Å². The maximum Gasteiger partial charge on any atom is 0.261 e. The Labute approximate surface area is 158 Å². The number of rotatable bonds is 3. The normalized spacial score (nSPS) is 11.8. The van der Waals surface area contributed by atoms with Crippen LogP contribution in [0.4, 0.5) is 0 Å². The molecule has 0 atom stereocenters. The molecule has 0 fully saturated rings. The molecular formula is C19H15ClN6O. The Hall–Kier alpha value is -3.19. The molecule has 0 bridgehead atoms. The third-order valence-corrected chi connectivity index (χ3v) is 5.12. The Balaban J connectivity index is 1.56. The SMILES string of the molecule is Cc1nc2ncnn2c2ccn(CCc3c[nH]c4ccc(Cl)cc34)c(=O)c12. The Kier molecular flexibility index (Phi) is 3.51. The van der Waals surface area contributed by atoms with Crippen molar-refractivity contribution in [2.45, 2.75) is 19.9 Å². The minimum atomic E-state index is -0.0761. The van der Waals surface area contributed by atoms with E-state index in [0.29, 0.717) is 34.8 Å². The van der Waals surface area contributed by atoms with Gasteiger partial charge in [-0.25, -0.2) is 4.98 Å². The fourth-order valence-corrected chi connectivity index (χ4v) is 3.72. The molecule has 0 radical (unpaired) electrons. The van der Waals surface area contributed by atoms with Gasteiger partial charge in [0.1, 0.15) is 6.33 Å². The number of aryl methyl sites for hydroxylation is 3. The van der Waals surface area contributed by atoms with Gasteiger partial charge < -0.3 is 9.55 Å². The van der Waals surface area contributed by atoms with Crippen LogP contribution in [0.2, 0.25) is 5.02 Å². The highest BCUT2D eigenvalue weighted by Gasteiger charge is 2.13. The van der Waals surface area contributed by atoms with E-state index in [2.05, 4.69) is 20.1 Å². The van der Waals surface area contributed by atoms with Crippen LogP contribution in [0.1, 0.15) is 11.3 Å². The number of benzene rings is 1. The number of nitrogens with one attached hydrogen (secondary N) is 1. The molecule has 5 aromatic rings. The van der Waals surface area contributed by atoms with Crippen LogP contribution in [0.3, 0.4) is 0 Å². The van der Waals surface area contributed by atoms with E-state index in [0.717, 1.165) is 22.0 Å². The van der Waals surface area contributed by atoms with Crippen molar-refractivity contribution in [2.24, 2.45) is 0 Å². The van der Waals surface area contributed by atoms with Crippen molar-refractivity contribution in [1.29, 1.82) is 0 Å². The molecule has 7 nitrogen and oxygen atoms in total. The monoisotopic (exact) mass is 378 g/mol. The van der Waals surface area contributed by atoms with Crippen LogP contribution in [-0.4, -0.2) is 29.1 Å². The molecule has 0 spiro atoms. The quantitative estimate of drug-likeness (QED) is 0.523. The molecule has 27 heavy (non-hydrogen) atoms. The first-order chi connectivity index (χ1) is 13.1. The summed E-state index contributed by atoms with van der Waals surface area (Å²) >= 11 is 6.12. The van der Waals surface area contributed by atoms with Crippen LogP contribution in [0.25, 0.3) is 27.6 Å². The van der Waals surface area contributed by atoms with Gasteiger partial charge in [0.25, 0.3) is 11.3 Å². The number of fused-ring (bicyclic) bond motifs is 4. The van der Waals surface area contributed by atoms with Crippen molar-refractivity contribution < 1.29 is 0 Å². The van der Waals surface area contributed by atoms with Gasteiger partial charge in [-0.1, -0.05) is 11.6 Å². The number of nitrogens with zero attached hydrogens (tertiary/aromatic N) is 5. The van der Waals surface area contributed by atoms with E-state index in [9.17, 15) is 4.79 Å². The van der Waals surface area contributed by atoms with Gasteiger partial charge in [0.2, 0.25) is 0 Å². The fourth-order valence-electron chi connectivity index (χ4n) is 3.54. The average molecular weight is 379 g/mol. The second-order valence-electron chi connectivity index (χ2n) is 6.50. The summed E-state index contributed by atoms with van der Waals surface area (Å²) in [5.74, 6) is 0.493. The van der Waals surface area contributed by atoms with Crippen molar-refractivity contribution in [3.05, 3.63) is 69.6 Å². The summed E-state index contributed by atoms with van der Waals surface area (Å²) in [6, 6.07) is 7.65. The summed E-state index contributed by atoms with van der Waals surface area (Å²) in [5, 5.41) is 6.51. The highest BCUT2D eigenvalue weighted by atomic mass is 35.5. The molecule has 134 valence electrons. The Morgan fingerprint density at radius 3 is 3.04 bits per heavy atom. The molecule has 0 aliphatic carbocycles. The van der Waals surface area contributed by atoms with E-state index >= 15 is 0 Å². The largest absolute Gasteiger partial charge is 0.361 e. The van der Waals surface area contributed by atoms with Crippen molar-refractivity contribution >= 4 is 39.2 Å². The molecule has 1 aromatic carbocycles. The number of H-pyrrole nitrogens is 1. The van der Waals surface area contributed by atoms with Crippen LogP contribution < -0.4 is 5.56 Å². The second kappa shape index (κ2) is 5.92. The molecule has 0 saturated heterocycles. The number of pyridine rings is 1. The molecule has 5 rings (SSSR count). The number of halogens is 1. The fraction of sp³-hybridized carbons (Fsp3) is 0.158. The predicted molar refractivity (Wildman–Crippen MR) is 104 cm³/mol. The number of aromatic amines is 1. The molecule has 4 aromatic heterocycles. The molecule has 0 unspecified atom stereocenters. The lowest BCUT2D eigenvalue weighted by atomic mass is 10.1. The van der Waals surface area contributed by atoms with Crippen LogP contribution in [0, 0.1) is 6.92 Å². The minimum absolute atomic E-state index is 0.0761. The predicted octanol–water partition coefficient (Wildman–Crippen LogP) is 3.13. The zero-order valence-electron chi connectivity index (χ0n) is 14.5. The van der Waals surface area contributed by atoms with E-state index in [1.807, 2.05) is 37.4 Å². The van der Waals surface area contributed by atoms with Gasteiger partial charge in [0, 0.05) is 34.9 Å². The maximum absolute atomic E-state index is 13.0. The summed E-state index contributed by atoms with van der Waals surface area (Å²) in [6.45, 7) is 2.38. The molecule has 0 saturated carbocycles. The van der Waals surface area contributed by atoms with Gasteiger partial charge in [0.15, 0.2) is 0 Å². The van der Waals surface area contributed by atoms with Crippen LogP contribution in [0.15, 0.2) is 47.8 Å². The average Bonchev–Trinajstić information content (AvgIpc) is 3.27. The molecule has 0 amide bonds. The van der Waals surface area contributed by atoms with Gasteiger partial charge >= 0.3 is 0 Å². The van der Waals surface area contributed by atoms with Gasteiger partial charge in [-0.15, -0.1) is 0 Å². The second-order valence-corrected chi connectivity index (χ2v) is 6.93. The molecule has 8 heteroatoms. The van der Waals surface area contributed by atoms with Crippen molar-refractivity contribution in [3.63, 3.8) is 0 Å². The maximum atomic E-state index is 13.0. The van der Waals surface area contributed by atoms with E-state index in [1.165, 1.54) is 6.33 Å². The first-order valence-electron chi connectivity index (χ1n) is 8.57. The molecule has 1 N–H and O–H groups in total. The first-order valence-corrected chi connectivity index (χ1v) is 8.94. The van der Waals surface area contributed by atoms with Gasteiger partial charge in [-0.2, -0.15) is 14.6 Å². The third-order valence-electron chi connectivity index (χ3n) is 4.88.